The number of aryl methyl sites for hydroxylation is 2. The minimum Gasteiger partial charge on any atom is -0.394 e. The molecule has 1 aromatic carbocycles. The number of anilines is 1. The first-order chi connectivity index (χ1) is 12.0. The largest absolute Gasteiger partial charge is 0.394 e. The van der Waals surface area contributed by atoms with Crippen molar-refractivity contribution in [1.82, 2.24) is 15.1 Å². The van der Waals surface area contributed by atoms with Gasteiger partial charge in [0.2, 0.25) is 0 Å². The Bertz CT molecular complexity index is 748. The van der Waals surface area contributed by atoms with E-state index in [0.717, 1.165) is 48.3 Å². The number of nitrogens with zero attached hydrogens (tertiary/aromatic N) is 2. The van der Waals surface area contributed by atoms with Gasteiger partial charge in [0.05, 0.1) is 24.4 Å². The maximum absolute atomic E-state index is 12.3. The van der Waals surface area contributed by atoms with Crippen LogP contribution in [0.3, 0.4) is 0 Å². The summed E-state index contributed by atoms with van der Waals surface area (Å²) in [7, 11) is 0. The van der Waals surface area contributed by atoms with Gasteiger partial charge in [0.1, 0.15) is 0 Å². The first kappa shape index (κ1) is 17.5. The Morgan fingerprint density at radius 1 is 1.28 bits per heavy atom. The fraction of sp³-hybridized carbons (Fsp3) is 0.474. The maximum Gasteiger partial charge on any atom is 0.319 e. The molecule has 3 N–H and O–H groups in total. The lowest BCUT2D eigenvalue weighted by molar-refractivity contribution is 0.167. The molecule has 25 heavy (non-hydrogen) atoms. The molecule has 0 saturated heterocycles. The van der Waals surface area contributed by atoms with Gasteiger partial charge in [0.25, 0.3) is 0 Å². The van der Waals surface area contributed by atoms with Crippen LogP contribution in [0.25, 0.3) is 0 Å². The van der Waals surface area contributed by atoms with E-state index < -0.39 is 5.54 Å². The van der Waals surface area contributed by atoms with Crippen molar-refractivity contribution in [3.05, 3.63) is 47.3 Å². The van der Waals surface area contributed by atoms with Gasteiger partial charge in [-0.3, -0.25) is 4.68 Å². The number of aliphatic hydroxyl groups excluding tert-OH is 1. The van der Waals surface area contributed by atoms with E-state index in [-0.39, 0.29) is 12.6 Å². The zero-order valence-electron chi connectivity index (χ0n) is 14.9. The van der Waals surface area contributed by atoms with Crippen LogP contribution in [-0.4, -0.2) is 33.1 Å². The zero-order chi connectivity index (χ0) is 17.9. The third-order valence-electron chi connectivity index (χ3n) is 4.86. The second-order valence-corrected chi connectivity index (χ2v) is 7.01. The Hall–Kier alpha value is -2.34. The molecule has 2 amide bonds. The molecule has 0 bridgehead atoms. The second-order valence-electron chi connectivity index (χ2n) is 7.01. The number of urea groups is 1. The van der Waals surface area contributed by atoms with Crippen LogP contribution in [0, 0.1) is 13.8 Å². The third-order valence-corrected chi connectivity index (χ3v) is 4.86. The number of amides is 2. The molecule has 6 heteroatoms. The van der Waals surface area contributed by atoms with Gasteiger partial charge in [-0.25, -0.2) is 4.79 Å². The summed E-state index contributed by atoms with van der Waals surface area (Å²) in [6, 6.07) is 9.55. The zero-order valence-corrected chi connectivity index (χ0v) is 14.9. The standard InChI is InChI=1S/C19H26N4O2/c1-14-10-15(2)23(22-14)12-16-6-5-7-17(11-16)20-18(25)21-19(13-24)8-3-4-9-19/h5-7,10-11,24H,3-4,8-9,12-13H2,1-2H3,(H2,20,21,25). The number of hydrogen-bond acceptors (Lipinski definition) is 3. The van der Waals surface area contributed by atoms with Crippen molar-refractivity contribution in [3.63, 3.8) is 0 Å². The summed E-state index contributed by atoms with van der Waals surface area (Å²) in [6.07, 6.45) is 3.74. The third kappa shape index (κ3) is 4.20. The molecule has 0 radical (unpaired) electrons. The molecule has 1 aliphatic rings. The van der Waals surface area contributed by atoms with Crippen molar-refractivity contribution in [2.75, 3.05) is 11.9 Å². The smallest absolute Gasteiger partial charge is 0.319 e. The van der Waals surface area contributed by atoms with Crippen molar-refractivity contribution in [2.45, 2.75) is 51.6 Å². The average molecular weight is 342 g/mol. The van der Waals surface area contributed by atoms with E-state index in [9.17, 15) is 9.90 Å². The van der Waals surface area contributed by atoms with Gasteiger partial charge in [-0.15, -0.1) is 0 Å². The molecular formula is C19H26N4O2. The first-order valence-corrected chi connectivity index (χ1v) is 8.80. The molecule has 1 fully saturated rings. The van der Waals surface area contributed by atoms with Gasteiger partial charge in [0.15, 0.2) is 0 Å². The summed E-state index contributed by atoms with van der Waals surface area (Å²) in [5, 5.41) is 19.9. The molecule has 0 atom stereocenters. The van der Waals surface area contributed by atoms with E-state index in [1.807, 2.05) is 48.9 Å². The normalized spacial score (nSPS) is 16.0. The van der Waals surface area contributed by atoms with E-state index in [1.54, 1.807) is 0 Å². The molecule has 6 nitrogen and oxygen atoms in total. The van der Waals surface area contributed by atoms with Crippen LogP contribution in [0.5, 0.6) is 0 Å². The monoisotopic (exact) mass is 342 g/mol. The Morgan fingerprint density at radius 3 is 2.68 bits per heavy atom. The summed E-state index contributed by atoms with van der Waals surface area (Å²) in [5.41, 5.74) is 3.45. The van der Waals surface area contributed by atoms with Gasteiger partial charge < -0.3 is 15.7 Å². The van der Waals surface area contributed by atoms with Crippen LogP contribution in [-0.2, 0) is 6.54 Å². The highest BCUT2D eigenvalue weighted by Gasteiger charge is 2.34. The topological polar surface area (TPSA) is 79.2 Å². The van der Waals surface area contributed by atoms with Gasteiger partial charge in [-0.2, -0.15) is 5.10 Å². The van der Waals surface area contributed by atoms with Gasteiger partial charge >= 0.3 is 6.03 Å². The highest BCUT2D eigenvalue weighted by Crippen LogP contribution is 2.29. The summed E-state index contributed by atoms with van der Waals surface area (Å²) in [4.78, 5) is 12.3. The van der Waals surface area contributed by atoms with Crippen molar-refractivity contribution < 1.29 is 9.90 Å². The first-order valence-electron chi connectivity index (χ1n) is 8.80. The van der Waals surface area contributed by atoms with Crippen LogP contribution in [0.4, 0.5) is 10.5 Å². The molecule has 1 aromatic heterocycles. The van der Waals surface area contributed by atoms with E-state index in [1.165, 1.54) is 0 Å². The van der Waals surface area contributed by atoms with Crippen molar-refractivity contribution >= 4 is 11.7 Å². The second kappa shape index (κ2) is 7.27. The molecule has 134 valence electrons. The van der Waals surface area contributed by atoms with Crippen LogP contribution in [0.1, 0.15) is 42.6 Å². The number of benzene rings is 1. The van der Waals surface area contributed by atoms with Crippen molar-refractivity contribution in [3.8, 4) is 0 Å². The molecule has 0 spiro atoms. The molecule has 3 rings (SSSR count). The van der Waals surface area contributed by atoms with Gasteiger partial charge in [0, 0.05) is 11.4 Å². The fourth-order valence-electron chi connectivity index (χ4n) is 3.53. The van der Waals surface area contributed by atoms with E-state index in [0.29, 0.717) is 6.54 Å². The summed E-state index contributed by atoms with van der Waals surface area (Å²) in [6.45, 7) is 4.66. The minimum atomic E-state index is -0.467. The number of rotatable bonds is 5. The average Bonchev–Trinajstić information content (AvgIpc) is 3.15. The minimum absolute atomic E-state index is 0.0155. The quantitative estimate of drug-likeness (QED) is 0.781. The molecule has 1 heterocycles. The van der Waals surface area contributed by atoms with Crippen LogP contribution in [0.15, 0.2) is 30.3 Å². The molecule has 1 aliphatic carbocycles. The van der Waals surface area contributed by atoms with E-state index in [4.69, 9.17) is 0 Å². The lowest BCUT2D eigenvalue weighted by Crippen LogP contribution is -2.50. The van der Waals surface area contributed by atoms with Crippen molar-refractivity contribution in [2.24, 2.45) is 0 Å². The molecule has 0 aliphatic heterocycles. The summed E-state index contributed by atoms with van der Waals surface area (Å²) in [5.74, 6) is 0. The lowest BCUT2D eigenvalue weighted by Gasteiger charge is -2.28. The Morgan fingerprint density at radius 2 is 2.04 bits per heavy atom. The number of nitrogens with one attached hydrogen (secondary N) is 2. The molecule has 2 aromatic rings. The Kier molecular flexibility index (Phi) is 5.08. The maximum atomic E-state index is 12.3. The van der Waals surface area contributed by atoms with Crippen LogP contribution in [0.2, 0.25) is 0 Å². The Balaban J connectivity index is 1.65. The summed E-state index contributed by atoms with van der Waals surface area (Å²) < 4.78 is 1.95. The number of carbonyl (C=O) groups excluding carboxylic acids is 1. The predicted molar refractivity (Wildman–Crippen MR) is 97.7 cm³/mol. The van der Waals surface area contributed by atoms with E-state index >= 15 is 0 Å². The fourth-order valence-corrected chi connectivity index (χ4v) is 3.53. The number of carbonyl (C=O) groups is 1. The number of aromatic nitrogens is 2. The van der Waals surface area contributed by atoms with Gasteiger partial charge in [-0.05, 0) is 50.5 Å². The highest BCUT2D eigenvalue weighted by molar-refractivity contribution is 5.89. The van der Waals surface area contributed by atoms with Crippen LogP contribution < -0.4 is 10.6 Å². The van der Waals surface area contributed by atoms with Crippen LogP contribution >= 0.6 is 0 Å². The summed E-state index contributed by atoms with van der Waals surface area (Å²) >= 11 is 0. The molecule has 1 saturated carbocycles. The Labute approximate surface area is 148 Å². The number of hydrogen-bond donors (Lipinski definition) is 3. The predicted octanol–water partition coefficient (Wildman–Crippen LogP) is 2.97. The molecule has 0 unspecified atom stereocenters. The SMILES string of the molecule is Cc1cc(C)n(Cc2cccc(NC(=O)NC3(CO)CCCC3)c2)n1. The molecular weight excluding hydrogens is 316 g/mol. The lowest BCUT2D eigenvalue weighted by atomic mass is 9.99. The van der Waals surface area contributed by atoms with E-state index in [2.05, 4.69) is 15.7 Å². The van der Waals surface area contributed by atoms with Gasteiger partial charge in [-0.1, -0.05) is 25.0 Å². The highest BCUT2D eigenvalue weighted by atomic mass is 16.3. The number of aliphatic hydroxyl groups is 1. The van der Waals surface area contributed by atoms with Crippen molar-refractivity contribution in [1.29, 1.82) is 0 Å².